The minimum Gasteiger partial charge on any atom is -0.370 e. The second-order valence-corrected chi connectivity index (χ2v) is 6.50. The average Bonchev–Trinajstić information content (AvgIpc) is 2.38. The van der Waals surface area contributed by atoms with E-state index in [1.54, 1.807) is 0 Å². The molecule has 3 N–H and O–H groups in total. The Morgan fingerprint density at radius 2 is 1.91 bits per heavy atom. The lowest BCUT2D eigenvalue weighted by Crippen LogP contribution is -2.40. The van der Waals surface area contributed by atoms with E-state index in [0.717, 1.165) is 32.2 Å². The Morgan fingerprint density at radius 1 is 1.30 bits per heavy atom. The highest BCUT2D eigenvalue weighted by atomic mass is 127. The highest BCUT2D eigenvalue weighted by molar-refractivity contribution is 14.0. The third-order valence-electron chi connectivity index (χ3n) is 3.96. The third kappa shape index (κ3) is 11.9. The Kier molecular flexibility index (Phi) is 11.2. The Hall–Kier alpha value is -0.250. The summed E-state index contributed by atoms with van der Waals surface area (Å²) in [5.74, 6) is 1.55. The van der Waals surface area contributed by atoms with E-state index in [4.69, 9.17) is 5.73 Å². The van der Waals surface area contributed by atoms with E-state index in [9.17, 15) is 13.2 Å². The molecule has 1 fully saturated rings. The van der Waals surface area contributed by atoms with Gasteiger partial charge in [0, 0.05) is 13.1 Å². The van der Waals surface area contributed by atoms with Crippen LogP contribution in [0.2, 0.25) is 0 Å². The molecule has 0 saturated carbocycles. The molecule has 0 bridgehead atoms. The zero-order valence-electron chi connectivity index (χ0n) is 14.0. The van der Waals surface area contributed by atoms with E-state index < -0.39 is 12.7 Å². The van der Waals surface area contributed by atoms with Crippen molar-refractivity contribution >= 4 is 29.9 Å². The number of aliphatic imine (C=N–C) groups is 1. The van der Waals surface area contributed by atoms with Gasteiger partial charge in [-0.05, 0) is 50.6 Å². The second kappa shape index (κ2) is 11.3. The van der Waals surface area contributed by atoms with Gasteiger partial charge in [-0.25, -0.2) is 0 Å². The SMILES string of the molecule is CC(C)CCNC(N)=NCCC1CCN(CC(F)(F)F)CC1.I. The molecule has 0 aliphatic carbocycles. The van der Waals surface area contributed by atoms with Crippen molar-refractivity contribution < 1.29 is 13.2 Å². The van der Waals surface area contributed by atoms with Crippen molar-refractivity contribution in [1.82, 2.24) is 10.2 Å². The zero-order chi connectivity index (χ0) is 16.6. The van der Waals surface area contributed by atoms with Crippen LogP contribution >= 0.6 is 24.0 Å². The zero-order valence-corrected chi connectivity index (χ0v) is 16.4. The number of halogens is 4. The summed E-state index contributed by atoms with van der Waals surface area (Å²) in [7, 11) is 0. The standard InChI is InChI=1S/C15H29F3N4.HI/c1-12(2)3-7-20-14(19)21-8-4-13-5-9-22(10-6-13)11-15(16,17)18;/h12-13H,3-11H2,1-2H3,(H3,19,20,21);1H. The predicted molar refractivity (Wildman–Crippen MR) is 99.2 cm³/mol. The maximum atomic E-state index is 12.3. The number of hydrogen-bond acceptors (Lipinski definition) is 2. The van der Waals surface area contributed by atoms with Crippen LogP contribution in [0.3, 0.4) is 0 Å². The molecular weight excluding hydrogens is 420 g/mol. The summed E-state index contributed by atoms with van der Waals surface area (Å²) in [4.78, 5) is 5.77. The predicted octanol–water partition coefficient (Wildman–Crippen LogP) is 3.22. The van der Waals surface area contributed by atoms with Crippen molar-refractivity contribution in [3.8, 4) is 0 Å². The van der Waals surface area contributed by atoms with Crippen LogP contribution in [0.5, 0.6) is 0 Å². The van der Waals surface area contributed by atoms with E-state index in [-0.39, 0.29) is 24.0 Å². The van der Waals surface area contributed by atoms with Gasteiger partial charge in [0.05, 0.1) is 6.54 Å². The molecule has 0 unspecified atom stereocenters. The number of alkyl halides is 3. The summed E-state index contributed by atoms with van der Waals surface area (Å²) < 4.78 is 36.9. The van der Waals surface area contributed by atoms with Gasteiger partial charge in [-0.2, -0.15) is 13.2 Å². The number of hydrogen-bond donors (Lipinski definition) is 2. The van der Waals surface area contributed by atoms with Gasteiger partial charge in [0.15, 0.2) is 5.96 Å². The fraction of sp³-hybridized carbons (Fsp3) is 0.933. The number of nitrogens with zero attached hydrogens (tertiary/aromatic N) is 2. The number of rotatable bonds is 7. The Bertz CT molecular complexity index is 340. The number of guanidine groups is 1. The smallest absolute Gasteiger partial charge is 0.370 e. The van der Waals surface area contributed by atoms with Gasteiger partial charge in [0.25, 0.3) is 0 Å². The van der Waals surface area contributed by atoms with Gasteiger partial charge in [0.2, 0.25) is 0 Å². The molecule has 0 atom stereocenters. The molecule has 8 heteroatoms. The minimum atomic E-state index is -4.09. The molecule has 138 valence electrons. The van der Waals surface area contributed by atoms with E-state index in [2.05, 4.69) is 24.2 Å². The lowest BCUT2D eigenvalue weighted by molar-refractivity contribution is -0.148. The van der Waals surface area contributed by atoms with Gasteiger partial charge in [-0.15, -0.1) is 24.0 Å². The molecule has 0 aromatic heterocycles. The molecule has 1 saturated heterocycles. The molecule has 1 aliphatic rings. The lowest BCUT2D eigenvalue weighted by atomic mass is 9.93. The minimum absolute atomic E-state index is 0. The van der Waals surface area contributed by atoms with Crippen molar-refractivity contribution in [3.63, 3.8) is 0 Å². The molecule has 0 amide bonds. The maximum Gasteiger partial charge on any atom is 0.401 e. The fourth-order valence-electron chi connectivity index (χ4n) is 2.60. The van der Waals surface area contributed by atoms with Crippen LogP contribution in [0.25, 0.3) is 0 Å². The van der Waals surface area contributed by atoms with Crippen LogP contribution in [-0.4, -0.2) is 49.8 Å². The second-order valence-electron chi connectivity index (χ2n) is 6.50. The summed E-state index contributed by atoms with van der Waals surface area (Å²) in [5.41, 5.74) is 5.77. The summed E-state index contributed by atoms with van der Waals surface area (Å²) in [5, 5.41) is 3.08. The normalized spacial score (nSPS) is 18.1. The molecule has 0 spiro atoms. The van der Waals surface area contributed by atoms with Crippen molar-refractivity contribution in [2.24, 2.45) is 22.6 Å². The summed E-state index contributed by atoms with van der Waals surface area (Å²) in [6.07, 6.45) is -0.522. The van der Waals surface area contributed by atoms with Gasteiger partial charge in [-0.1, -0.05) is 13.8 Å². The number of nitrogens with two attached hydrogens (primary N) is 1. The van der Waals surface area contributed by atoms with E-state index >= 15 is 0 Å². The molecule has 1 aliphatic heterocycles. The Labute approximate surface area is 154 Å². The van der Waals surface area contributed by atoms with Gasteiger partial charge >= 0.3 is 6.18 Å². The molecule has 0 aromatic rings. The van der Waals surface area contributed by atoms with Crippen LogP contribution in [0.4, 0.5) is 13.2 Å². The summed E-state index contributed by atoms with van der Waals surface area (Å²) in [6.45, 7) is 6.03. The Balaban J connectivity index is 0.00000484. The Morgan fingerprint density at radius 3 is 2.43 bits per heavy atom. The first-order valence-electron chi connectivity index (χ1n) is 8.09. The van der Waals surface area contributed by atoms with Crippen LogP contribution < -0.4 is 11.1 Å². The number of likely N-dealkylation sites (tertiary alicyclic amines) is 1. The first kappa shape index (κ1) is 22.8. The van der Waals surface area contributed by atoms with Crippen LogP contribution in [0.15, 0.2) is 4.99 Å². The average molecular weight is 450 g/mol. The van der Waals surface area contributed by atoms with E-state index in [1.165, 1.54) is 4.90 Å². The van der Waals surface area contributed by atoms with E-state index in [1.807, 2.05) is 0 Å². The highest BCUT2D eigenvalue weighted by Crippen LogP contribution is 2.24. The van der Waals surface area contributed by atoms with Gasteiger partial charge < -0.3 is 11.1 Å². The molecule has 0 radical (unpaired) electrons. The van der Waals surface area contributed by atoms with Crippen molar-refractivity contribution in [2.75, 3.05) is 32.7 Å². The number of piperidine rings is 1. The lowest BCUT2D eigenvalue weighted by Gasteiger charge is -2.32. The largest absolute Gasteiger partial charge is 0.401 e. The highest BCUT2D eigenvalue weighted by Gasteiger charge is 2.32. The van der Waals surface area contributed by atoms with Crippen LogP contribution in [-0.2, 0) is 0 Å². The van der Waals surface area contributed by atoms with Gasteiger partial charge in [0.1, 0.15) is 0 Å². The van der Waals surface area contributed by atoms with Crippen molar-refractivity contribution in [2.45, 2.75) is 45.7 Å². The fourth-order valence-corrected chi connectivity index (χ4v) is 2.60. The molecule has 23 heavy (non-hydrogen) atoms. The topological polar surface area (TPSA) is 53.6 Å². The summed E-state index contributed by atoms with van der Waals surface area (Å²) in [6, 6.07) is 0. The first-order valence-corrected chi connectivity index (χ1v) is 8.09. The molecule has 1 heterocycles. The molecule has 1 rings (SSSR count). The molecular formula is C15H30F3IN4. The molecule has 4 nitrogen and oxygen atoms in total. The number of nitrogens with one attached hydrogen (secondary N) is 1. The third-order valence-corrected chi connectivity index (χ3v) is 3.96. The van der Waals surface area contributed by atoms with Crippen LogP contribution in [0.1, 0.15) is 39.5 Å². The quantitative estimate of drug-likeness (QED) is 0.356. The maximum absolute atomic E-state index is 12.3. The van der Waals surface area contributed by atoms with Crippen molar-refractivity contribution in [3.05, 3.63) is 0 Å². The molecule has 0 aromatic carbocycles. The summed E-state index contributed by atoms with van der Waals surface area (Å²) >= 11 is 0. The van der Waals surface area contributed by atoms with Crippen molar-refractivity contribution in [1.29, 1.82) is 0 Å². The van der Waals surface area contributed by atoms with E-state index in [0.29, 0.717) is 37.4 Å². The monoisotopic (exact) mass is 450 g/mol. The van der Waals surface area contributed by atoms with Crippen LogP contribution in [0, 0.1) is 11.8 Å². The van der Waals surface area contributed by atoms with Gasteiger partial charge in [-0.3, -0.25) is 9.89 Å². The first-order chi connectivity index (χ1) is 10.3.